The number of carbonyl (C=O) groups is 1. The lowest BCUT2D eigenvalue weighted by atomic mass is 10.2. The summed E-state index contributed by atoms with van der Waals surface area (Å²) in [4.78, 5) is 27.8. The highest BCUT2D eigenvalue weighted by Crippen LogP contribution is 2.17. The van der Waals surface area contributed by atoms with Gasteiger partial charge in [0.1, 0.15) is 18.0 Å². The zero-order valence-electron chi connectivity index (χ0n) is 15.2. The lowest BCUT2D eigenvalue weighted by Gasteiger charge is -2.31. The van der Waals surface area contributed by atoms with Gasteiger partial charge in [-0.1, -0.05) is 12.8 Å². The van der Waals surface area contributed by atoms with Gasteiger partial charge in [-0.3, -0.25) is 9.69 Å². The molecule has 1 amide bonds. The first-order valence-electron chi connectivity index (χ1n) is 9.50. The molecule has 1 aromatic heterocycles. The molecule has 1 atom stereocenters. The molecule has 0 aliphatic carbocycles. The van der Waals surface area contributed by atoms with E-state index in [1.807, 2.05) is 4.90 Å². The van der Waals surface area contributed by atoms with Gasteiger partial charge in [-0.15, -0.1) is 0 Å². The summed E-state index contributed by atoms with van der Waals surface area (Å²) in [6.45, 7) is 7.39. The first kappa shape index (κ1) is 17.9. The molecule has 7 heteroatoms. The van der Waals surface area contributed by atoms with Crippen LogP contribution in [-0.2, 0) is 4.79 Å². The third-order valence-electron chi connectivity index (χ3n) is 5.35. The van der Waals surface area contributed by atoms with Crippen LogP contribution in [0.2, 0.25) is 0 Å². The van der Waals surface area contributed by atoms with E-state index in [0.29, 0.717) is 5.82 Å². The van der Waals surface area contributed by atoms with Gasteiger partial charge in [0.2, 0.25) is 5.91 Å². The lowest BCUT2D eigenvalue weighted by Crippen LogP contribution is -2.48. The van der Waals surface area contributed by atoms with Gasteiger partial charge in [-0.25, -0.2) is 9.97 Å². The van der Waals surface area contributed by atoms with Crippen LogP contribution in [0.3, 0.4) is 0 Å². The fourth-order valence-electron chi connectivity index (χ4n) is 3.80. The number of likely N-dealkylation sites (tertiary alicyclic amines) is 1. The standard InChI is InChI=1S/C18H30N6O/c1-15(22-7-4-2-3-5-8-22)18(25)24-10-6-9-23(11-12-24)17-13-16(19)20-14-21-17/h13-15H,2-12H2,1H3,(H2,19,20,21)/t15-/m0/s1. The summed E-state index contributed by atoms with van der Waals surface area (Å²) in [5, 5.41) is 0. The van der Waals surface area contributed by atoms with E-state index in [1.54, 1.807) is 6.07 Å². The molecule has 2 aliphatic heterocycles. The normalized spacial score (nSPS) is 21.5. The fourth-order valence-corrected chi connectivity index (χ4v) is 3.80. The Bertz CT molecular complexity index is 572. The summed E-state index contributed by atoms with van der Waals surface area (Å²) >= 11 is 0. The third kappa shape index (κ3) is 4.60. The predicted octanol–water partition coefficient (Wildman–Crippen LogP) is 1.36. The van der Waals surface area contributed by atoms with E-state index in [-0.39, 0.29) is 11.9 Å². The highest BCUT2D eigenvalue weighted by Gasteiger charge is 2.28. The summed E-state index contributed by atoms with van der Waals surface area (Å²) < 4.78 is 0. The van der Waals surface area contributed by atoms with Crippen LogP contribution >= 0.6 is 0 Å². The molecule has 0 bridgehead atoms. The van der Waals surface area contributed by atoms with Crippen LogP contribution in [0.4, 0.5) is 11.6 Å². The summed E-state index contributed by atoms with van der Waals surface area (Å²) in [5.41, 5.74) is 5.77. The molecular weight excluding hydrogens is 316 g/mol. The highest BCUT2D eigenvalue weighted by atomic mass is 16.2. The van der Waals surface area contributed by atoms with Crippen molar-refractivity contribution in [3.63, 3.8) is 0 Å². The zero-order chi connectivity index (χ0) is 17.6. The molecule has 2 aliphatic rings. The van der Waals surface area contributed by atoms with Gasteiger partial charge in [0.05, 0.1) is 6.04 Å². The van der Waals surface area contributed by atoms with Gasteiger partial charge >= 0.3 is 0 Å². The number of nitrogen functional groups attached to an aromatic ring is 1. The molecular formula is C18H30N6O. The smallest absolute Gasteiger partial charge is 0.239 e. The van der Waals surface area contributed by atoms with Gasteiger partial charge in [0.25, 0.3) is 0 Å². The Morgan fingerprint density at radius 2 is 1.76 bits per heavy atom. The maximum atomic E-state index is 13.0. The number of nitrogens with zero attached hydrogens (tertiary/aromatic N) is 5. The average molecular weight is 346 g/mol. The van der Waals surface area contributed by atoms with Crippen LogP contribution in [0.25, 0.3) is 0 Å². The Hall–Kier alpha value is -1.89. The molecule has 138 valence electrons. The fraction of sp³-hybridized carbons (Fsp3) is 0.722. The summed E-state index contributed by atoms with van der Waals surface area (Å²) in [5.74, 6) is 1.60. The second kappa shape index (κ2) is 8.47. The van der Waals surface area contributed by atoms with Crippen molar-refractivity contribution in [3.8, 4) is 0 Å². The average Bonchev–Trinajstić information content (AvgIpc) is 3.03. The molecule has 0 unspecified atom stereocenters. The molecule has 0 spiro atoms. The Morgan fingerprint density at radius 1 is 1.00 bits per heavy atom. The van der Waals surface area contributed by atoms with Crippen LogP contribution in [0.1, 0.15) is 39.0 Å². The van der Waals surface area contributed by atoms with Gasteiger partial charge in [-0.05, 0) is 39.3 Å². The van der Waals surface area contributed by atoms with E-state index in [1.165, 1.54) is 32.0 Å². The highest BCUT2D eigenvalue weighted by molar-refractivity contribution is 5.81. The van der Waals surface area contributed by atoms with Crippen LogP contribution < -0.4 is 10.6 Å². The Kier molecular flexibility index (Phi) is 6.07. The van der Waals surface area contributed by atoms with E-state index in [4.69, 9.17) is 5.73 Å². The molecule has 0 radical (unpaired) electrons. The lowest BCUT2D eigenvalue weighted by molar-refractivity contribution is -0.136. The Labute approximate surface area is 150 Å². The molecule has 0 saturated carbocycles. The molecule has 3 heterocycles. The van der Waals surface area contributed by atoms with Crippen molar-refractivity contribution in [1.29, 1.82) is 0 Å². The molecule has 0 aromatic carbocycles. The number of hydrogen-bond acceptors (Lipinski definition) is 6. The summed E-state index contributed by atoms with van der Waals surface area (Å²) in [7, 11) is 0. The van der Waals surface area contributed by atoms with Crippen LogP contribution in [0.15, 0.2) is 12.4 Å². The minimum atomic E-state index is -0.0145. The first-order valence-corrected chi connectivity index (χ1v) is 9.50. The van der Waals surface area contributed by atoms with Gasteiger partial charge in [-0.2, -0.15) is 0 Å². The second-order valence-electron chi connectivity index (χ2n) is 7.09. The van der Waals surface area contributed by atoms with Crippen molar-refractivity contribution in [1.82, 2.24) is 19.8 Å². The van der Waals surface area contributed by atoms with Gasteiger partial charge in [0, 0.05) is 32.2 Å². The van der Waals surface area contributed by atoms with Crippen LogP contribution in [0, 0.1) is 0 Å². The molecule has 2 N–H and O–H groups in total. The largest absolute Gasteiger partial charge is 0.384 e. The predicted molar refractivity (Wildman–Crippen MR) is 99.4 cm³/mol. The summed E-state index contributed by atoms with van der Waals surface area (Å²) in [6.07, 6.45) is 7.44. The Morgan fingerprint density at radius 3 is 2.48 bits per heavy atom. The second-order valence-corrected chi connectivity index (χ2v) is 7.09. The molecule has 2 fully saturated rings. The molecule has 2 saturated heterocycles. The summed E-state index contributed by atoms with van der Waals surface area (Å²) in [6, 6.07) is 1.79. The van der Waals surface area contributed by atoms with Crippen LogP contribution in [-0.4, -0.2) is 71.0 Å². The van der Waals surface area contributed by atoms with E-state index in [0.717, 1.165) is 51.5 Å². The minimum absolute atomic E-state index is 0.0145. The van der Waals surface area contributed by atoms with E-state index in [9.17, 15) is 4.79 Å². The van der Waals surface area contributed by atoms with Crippen molar-refractivity contribution in [2.24, 2.45) is 0 Å². The molecule has 1 aromatic rings. The molecule has 25 heavy (non-hydrogen) atoms. The van der Waals surface area contributed by atoms with E-state index in [2.05, 4.69) is 26.7 Å². The SMILES string of the molecule is C[C@@H](C(=O)N1CCCN(c2cc(N)ncn2)CC1)N1CCCCCC1. The van der Waals surface area contributed by atoms with Crippen molar-refractivity contribution in [2.75, 3.05) is 49.9 Å². The quantitative estimate of drug-likeness (QED) is 0.890. The minimum Gasteiger partial charge on any atom is -0.384 e. The zero-order valence-corrected chi connectivity index (χ0v) is 15.2. The monoisotopic (exact) mass is 346 g/mol. The molecule has 7 nitrogen and oxygen atoms in total. The van der Waals surface area contributed by atoms with E-state index >= 15 is 0 Å². The number of hydrogen-bond donors (Lipinski definition) is 1. The van der Waals surface area contributed by atoms with Crippen LogP contribution in [0.5, 0.6) is 0 Å². The number of anilines is 2. The maximum absolute atomic E-state index is 13.0. The number of carbonyl (C=O) groups excluding carboxylic acids is 1. The Balaban J connectivity index is 1.59. The first-order chi connectivity index (χ1) is 12.1. The topological polar surface area (TPSA) is 78.6 Å². The van der Waals surface area contributed by atoms with E-state index < -0.39 is 0 Å². The van der Waals surface area contributed by atoms with Gasteiger partial charge < -0.3 is 15.5 Å². The number of amides is 1. The third-order valence-corrected chi connectivity index (χ3v) is 5.35. The molecule has 3 rings (SSSR count). The number of rotatable bonds is 3. The van der Waals surface area contributed by atoms with Crippen molar-refractivity contribution in [2.45, 2.75) is 45.1 Å². The van der Waals surface area contributed by atoms with Crippen molar-refractivity contribution in [3.05, 3.63) is 12.4 Å². The number of aromatic nitrogens is 2. The van der Waals surface area contributed by atoms with Crippen molar-refractivity contribution >= 4 is 17.5 Å². The van der Waals surface area contributed by atoms with Crippen molar-refractivity contribution < 1.29 is 4.79 Å². The number of nitrogens with two attached hydrogens (primary N) is 1. The van der Waals surface area contributed by atoms with Gasteiger partial charge in [0.15, 0.2) is 0 Å². The maximum Gasteiger partial charge on any atom is 0.239 e.